The molecule has 0 aliphatic heterocycles. The molecular weight excluding hydrogens is 188 g/mol. The number of fused-ring (bicyclic) bond motifs is 1. The van der Waals surface area contributed by atoms with Gasteiger partial charge in [-0.3, -0.25) is 4.99 Å². The molecule has 4 heteroatoms. The molecule has 1 heterocycles. The molecule has 0 atom stereocenters. The fourth-order valence-electron chi connectivity index (χ4n) is 1.57. The van der Waals surface area contributed by atoms with Crippen LogP contribution in [0.2, 0.25) is 0 Å². The van der Waals surface area contributed by atoms with E-state index in [4.69, 9.17) is 11.5 Å². The predicted molar refractivity (Wildman–Crippen MR) is 62.7 cm³/mol. The smallest absolute Gasteiger partial charge is 0.185 e. The van der Waals surface area contributed by atoms with Gasteiger partial charge in [-0.15, -0.1) is 0 Å². The van der Waals surface area contributed by atoms with E-state index >= 15 is 0 Å². The van der Waals surface area contributed by atoms with Gasteiger partial charge < -0.3 is 16.5 Å². The summed E-state index contributed by atoms with van der Waals surface area (Å²) in [5, 5.41) is 1.22. The molecule has 5 N–H and O–H groups in total. The van der Waals surface area contributed by atoms with Crippen molar-refractivity contribution >= 4 is 16.9 Å². The molecule has 0 aliphatic carbocycles. The topological polar surface area (TPSA) is 80.2 Å². The number of rotatable bonds is 3. The third kappa shape index (κ3) is 2.28. The van der Waals surface area contributed by atoms with E-state index in [-0.39, 0.29) is 5.96 Å². The largest absolute Gasteiger partial charge is 0.370 e. The van der Waals surface area contributed by atoms with Crippen molar-refractivity contribution in [2.24, 2.45) is 16.5 Å². The van der Waals surface area contributed by atoms with Gasteiger partial charge >= 0.3 is 0 Å². The van der Waals surface area contributed by atoms with Crippen LogP contribution >= 0.6 is 0 Å². The number of nitrogens with one attached hydrogen (secondary N) is 1. The van der Waals surface area contributed by atoms with Gasteiger partial charge in [0.2, 0.25) is 0 Å². The van der Waals surface area contributed by atoms with Gasteiger partial charge in [0.1, 0.15) is 0 Å². The van der Waals surface area contributed by atoms with Crippen LogP contribution in [0.1, 0.15) is 5.69 Å². The van der Waals surface area contributed by atoms with Crippen LogP contribution in [-0.2, 0) is 6.42 Å². The number of aromatic nitrogens is 1. The van der Waals surface area contributed by atoms with Crippen LogP contribution in [-0.4, -0.2) is 17.5 Å². The molecule has 1 aromatic heterocycles. The van der Waals surface area contributed by atoms with Gasteiger partial charge in [-0.05, 0) is 17.5 Å². The van der Waals surface area contributed by atoms with Crippen LogP contribution in [0.25, 0.3) is 10.9 Å². The van der Waals surface area contributed by atoms with E-state index in [1.165, 1.54) is 5.39 Å². The number of H-pyrrole nitrogens is 1. The van der Waals surface area contributed by atoms with E-state index in [0.29, 0.717) is 6.54 Å². The van der Waals surface area contributed by atoms with Gasteiger partial charge in [0.15, 0.2) is 5.96 Å². The number of nitrogens with zero attached hydrogens (tertiary/aromatic N) is 1. The zero-order valence-corrected chi connectivity index (χ0v) is 8.40. The Morgan fingerprint density at radius 1 is 1.27 bits per heavy atom. The molecular formula is C11H14N4. The first-order valence-corrected chi connectivity index (χ1v) is 4.88. The number of nitrogens with two attached hydrogens (primary N) is 2. The number of hydrogen-bond acceptors (Lipinski definition) is 1. The van der Waals surface area contributed by atoms with Gasteiger partial charge in [-0.25, -0.2) is 0 Å². The molecule has 2 aromatic rings. The minimum atomic E-state index is 0.145. The lowest BCUT2D eigenvalue weighted by molar-refractivity contribution is 0.935. The van der Waals surface area contributed by atoms with Gasteiger partial charge in [0, 0.05) is 24.2 Å². The lowest BCUT2D eigenvalue weighted by Crippen LogP contribution is -2.23. The summed E-state index contributed by atoms with van der Waals surface area (Å²) in [6.45, 7) is 0.620. The molecule has 0 saturated heterocycles. The first kappa shape index (κ1) is 9.58. The highest BCUT2D eigenvalue weighted by Crippen LogP contribution is 2.14. The maximum Gasteiger partial charge on any atom is 0.185 e. The molecule has 0 unspecified atom stereocenters. The Kier molecular flexibility index (Phi) is 2.58. The molecule has 78 valence electrons. The minimum Gasteiger partial charge on any atom is -0.370 e. The number of aliphatic imine (C=N–C) groups is 1. The highest BCUT2D eigenvalue weighted by atomic mass is 15.0. The Hall–Kier alpha value is -1.97. The van der Waals surface area contributed by atoms with Crippen LogP contribution < -0.4 is 11.5 Å². The zero-order valence-electron chi connectivity index (χ0n) is 8.40. The maximum absolute atomic E-state index is 5.25. The van der Waals surface area contributed by atoms with Crippen LogP contribution in [0.4, 0.5) is 0 Å². The average molecular weight is 202 g/mol. The Balaban J connectivity index is 2.12. The normalized spacial score (nSPS) is 10.4. The minimum absolute atomic E-state index is 0.145. The van der Waals surface area contributed by atoms with E-state index in [0.717, 1.165) is 17.6 Å². The second-order valence-electron chi connectivity index (χ2n) is 3.44. The number of aromatic amines is 1. The second kappa shape index (κ2) is 4.04. The van der Waals surface area contributed by atoms with Gasteiger partial charge in [0.05, 0.1) is 0 Å². The Morgan fingerprint density at radius 2 is 2.07 bits per heavy atom. The standard InChI is InChI=1S/C11H14N4/c12-11(13)14-6-5-9-7-8-3-1-2-4-10(8)15-9/h1-4,7,15H,5-6H2,(H4,12,13,14). The van der Waals surface area contributed by atoms with E-state index in [1.54, 1.807) is 0 Å². The highest BCUT2D eigenvalue weighted by Gasteiger charge is 1.98. The predicted octanol–water partition coefficient (Wildman–Crippen LogP) is 0.984. The Labute approximate surface area is 88.0 Å². The van der Waals surface area contributed by atoms with Crippen molar-refractivity contribution in [3.05, 3.63) is 36.0 Å². The van der Waals surface area contributed by atoms with Crippen LogP contribution in [0.3, 0.4) is 0 Å². The lowest BCUT2D eigenvalue weighted by atomic mass is 10.2. The number of guanidine groups is 1. The molecule has 0 radical (unpaired) electrons. The van der Waals surface area contributed by atoms with E-state index < -0.39 is 0 Å². The summed E-state index contributed by atoms with van der Waals surface area (Å²) >= 11 is 0. The van der Waals surface area contributed by atoms with Crippen molar-refractivity contribution in [3.8, 4) is 0 Å². The Morgan fingerprint density at radius 3 is 2.80 bits per heavy atom. The molecule has 2 rings (SSSR count). The molecule has 0 bridgehead atoms. The molecule has 0 amide bonds. The van der Waals surface area contributed by atoms with Gasteiger partial charge in [-0.1, -0.05) is 18.2 Å². The highest BCUT2D eigenvalue weighted by molar-refractivity contribution is 5.80. The van der Waals surface area contributed by atoms with E-state index in [9.17, 15) is 0 Å². The second-order valence-corrected chi connectivity index (χ2v) is 3.44. The van der Waals surface area contributed by atoms with Crippen molar-refractivity contribution in [3.63, 3.8) is 0 Å². The van der Waals surface area contributed by atoms with Crippen LogP contribution in [0, 0.1) is 0 Å². The average Bonchev–Trinajstić information content (AvgIpc) is 2.59. The first-order chi connectivity index (χ1) is 7.25. The molecule has 0 saturated carbocycles. The van der Waals surface area contributed by atoms with Crippen molar-refractivity contribution in [1.82, 2.24) is 4.98 Å². The Bertz CT molecular complexity index is 447. The summed E-state index contributed by atoms with van der Waals surface area (Å²) in [4.78, 5) is 7.26. The van der Waals surface area contributed by atoms with Gasteiger partial charge in [-0.2, -0.15) is 0 Å². The van der Waals surface area contributed by atoms with Crippen LogP contribution in [0.5, 0.6) is 0 Å². The summed E-state index contributed by atoms with van der Waals surface area (Å²) in [5.74, 6) is 0.145. The third-order valence-corrected chi connectivity index (χ3v) is 2.26. The molecule has 4 nitrogen and oxygen atoms in total. The first-order valence-electron chi connectivity index (χ1n) is 4.88. The van der Waals surface area contributed by atoms with Gasteiger partial charge in [0.25, 0.3) is 0 Å². The fraction of sp³-hybridized carbons (Fsp3) is 0.182. The van der Waals surface area contributed by atoms with Crippen molar-refractivity contribution in [2.75, 3.05) is 6.54 Å². The van der Waals surface area contributed by atoms with Crippen molar-refractivity contribution in [2.45, 2.75) is 6.42 Å². The zero-order chi connectivity index (χ0) is 10.7. The van der Waals surface area contributed by atoms with Crippen molar-refractivity contribution in [1.29, 1.82) is 0 Å². The number of hydrogen-bond donors (Lipinski definition) is 3. The maximum atomic E-state index is 5.25. The van der Waals surface area contributed by atoms with Crippen molar-refractivity contribution < 1.29 is 0 Å². The van der Waals surface area contributed by atoms with E-state index in [1.807, 2.05) is 12.1 Å². The van der Waals surface area contributed by atoms with E-state index in [2.05, 4.69) is 28.2 Å². The summed E-state index contributed by atoms with van der Waals surface area (Å²) in [6.07, 6.45) is 0.826. The summed E-state index contributed by atoms with van der Waals surface area (Å²) < 4.78 is 0. The monoisotopic (exact) mass is 202 g/mol. The summed E-state index contributed by atoms with van der Waals surface area (Å²) in [7, 11) is 0. The SMILES string of the molecule is NC(N)=NCCc1cc2ccccc2[nH]1. The third-order valence-electron chi connectivity index (χ3n) is 2.26. The molecule has 15 heavy (non-hydrogen) atoms. The summed E-state index contributed by atoms with van der Waals surface area (Å²) in [6, 6.07) is 10.3. The fourth-order valence-corrected chi connectivity index (χ4v) is 1.57. The lowest BCUT2D eigenvalue weighted by Gasteiger charge is -1.93. The molecule has 0 fully saturated rings. The summed E-state index contributed by atoms with van der Waals surface area (Å²) in [5.41, 5.74) is 12.8. The quantitative estimate of drug-likeness (QED) is 0.512. The number of benzene rings is 1. The molecule has 1 aromatic carbocycles. The molecule has 0 aliphatic rings. The van der Waals surface area contributed by atoms with Crippen LogP contribution in [0.15, 0.2) is 35.3 Å². The molecule has 0 spiro atoms. The number of para-hydroxylation sites is 1.